The first-order valence-electron chi connectivity index (χ1n) is 12.9. The monoisotopic (exact) mass is 464 g/mol. The lowest BCUT2D eigenvalue weighted by Gasteiger charge is -2.24. The van der Waals surface area contributed by atoms with Gasteiger partial charge in [-0.15, -0.1) is 0 Å². The second kappa shape index (κ2) is 12.1. The zero-order chi connectivity index (χ0) is 26.3. The average molecular weight is 465 g/mol. The van der Waals surface area contributed by atoms with Gasteiger partial charge in [0.15, 0.2) is 0 Å². The third kappa shape index (κ3) is 11.3. The smallest absolute Gasteiger partial charge is 0.444 e. The van der Waals surface area contributed by atoms with Crippen LogP contribution in [-0.4, -0.2) is 36.5 Å². The Morgan fingerprint density at radius 3 is 2.36 bits per heavy atom. The molecule has 1 saturated carbocycles. The molecule has 0 aromatic heterocycles. The van der Waals surface area contributed by atoms with Crippen LogP contribution in [0.2, 0.25) is 0 Å². The molecule has 1 amide bonds. The standard InChI is InChI=1S/C26H42N2O5/c1-25(2,3)32-23(29)27-16-15-22(31-24(30)33-26(4,5)6)20-13-10-14-21(17-20)28-18-19-11-8-7-9-12-19/h10,13-14,17,19,22,28H,7-9,11-12,15-16,18H2,1-6H3,(H,27,29)/i16D2. The molecule has 1 atom stereocenters. The molecular weight excluding hydrogens is 420 g/mol. The van der Waals surface area contributed by atoms with Gasteiger partial charge in [0.25, 0.3) is 0 Å². The third-order valence-corrected chi connectivity index (χ3v) is 5.08. The molecule has 33 heavy (non-hydrogen) atoms. The van der Waals surface area contributed by atoms with E-state index in [0.717, 1.165) is 12.2 Å². The van der Waals surface area contributed by atoms with Gasteiger partial charge in [-0.05, 0) is 78.0 Å². The number of nitrogens with one attached hydrogen (secondary N) is 2. The molecule has 1 aromatic carbocycles. The van der Waals surface area contributed by atoms with Gasteiger partial charge < -0.3 is 24.8 Å². The first-order chi connectivity index (χ1) is 16.1. The number of rotatable bonds is 8. The van der Waals surface area contributed by atoms with Gasteiger partial charge in [-0.25, -0.2) is 9.59 Å². The Bertz CT molecular complexity index is 843. The molecular formula is C26H42N2O5. The van der Waals surface area contributed by atoms with Crippen LogP contribution in [0.3, 0.4) is 0 Å². The van der Waals surface area contributed by atoms with Gasteiger partial charge in [0.05, 0.1) is 0 Å². The van der Waals surface area contributed by atoms with Crippen molar-refractivity contribution in [3.63, 3.8) is 0 Å². The predicted octanol–water partition coefficient (Wildman–Crippen LogP) is 6.59. The van der Waals surface area contributed by atoms with E-state index in [1.165, 1.54) is 32.1 Å². The van der Waals surface area contributed by atoms with Crippen molar-refractivity contribution >= 4 is 17.9 Å². The van der Waals surface area contributed by atoms with E-state index in [1.807, 2.05) is 18.2 Å². The normalized spacial score (nSPS) is 17.3. The highest BCUT2D eigenvalue weighted by Gasteiger charge is 2.24. The summed E-state index contributed by atoms with van der Waals surface area (Å²) < 4.78 is 32.7. The average Bonchev–Trinajstić information content (AvgIpc) is 2.69. The lowest BCUT2D eigenvalue weighted by Crippen LogP contribution is -2.34. The minimum absolute atomic E-state index is 0.322. The van der Waals surface area contributed by atoms with Gasteiger partial charge in [0.1, 0.15) is 17.3 Å². The van der Waals surface area contributed by atoms with E-state index in [1.54, 1.807) is 47.6 Å². The van der Waals surface area contributed by atoms with Crippen molar-refractivity contribution < 1.29 is 26.5 Å². The van der Waals surface area contributed by atoms with Crippen LogP contribution in [0.15, 0.2) is 24.3 Å². The number of benzene rings is 1. The van der Waals surface area contributed by atoms with Gasteiger partial charge in [0.2, 0.25) is 0 Å². The van der Waals surface area contributed by atoms with Crippen LogP contribution < -0.4 is 10.6 Å². The molecule has 1 aromatic rings. The molecule has 0 spiro atoms. The number of hydrogen-bond donors (Lipinski definition) is 2. The zero-order valence-corrected chi connectivity index (χ0v) is 21.0. The summed E-state index contributed by atoms with van der Waals surface area (Å²) in [6.07, 6.45) is 3.15. The van der Waals surface area contributed by atoms with Crippen LogP contribution >= 0.6 is 0 Å². The molecule has 0 aliphatic heterocycles. The number of carbonyl (C=O) groups is 2. The molecule has 1 aliphatic carbocycles. The fourth-order valence-corrected chi connectivity index (χ4v) is 3.64. The van der Waals surface area contributed by atoms with E-state index >= 15 is 0 Å². The summed E-state index contributed by atoms with van der Waals surface area (Å²) >= 11 is 0. The van der Waals surface area contributed by atoms with E-state index in [2.05, 4.69) is 10.6 Å². The SMILES string of the molecule is [2H]C([2H])(CC(OC(=O)OC(C)(C)C)c1cccc(NCC2CCCCC2)c1)NC(=O)OC(C)(C)C. The molecule has 1 fully saturated rings. The fourth-order valence-electron chi connectivity index (χ4n) is 3.64. The first-order valence-corrected chi connectivity index (χ1v) is 11.9. The second-order valence-electron chi connectivity index (χ2n) is 10.6. The molecule has 2 rings (SSSR count). The van der Waals surface area contributed by atoms with Gasteiger partial charge in [0, 0.05) is 27.9 Å². The molecule has 1 unspecified atom stereocenters. The van der Waals surface area contributed by atoms with Crippen molar-refractivity contribution in [1.82, 2.24) is 5.32 Å². The Kier molecular flexibility index (Phi) is 8.72. The van der Waals surface area contributed by atoms with Gasteiger partial charge in [-0.3, -0.25) is 0 Å². The number of amides is 1. The van der Waals surface area contributed by atoms with Crippen molar-refractivity contribution in [3.05, 3.63) is 29.8 Å². The number of carbonyl (C=O) groups excluding carboxylic acids is 2. The lowest BCUT2D eigenvalue weighted by molar-refractivity contribution is -0.0289. The summed E-state index contributed by atoms with van der Waals surface area (Å²) in [6.45, 7) is 8.92. The second-order valence-corrected chi connectivity index (χ2v) is 10.6. The molecule has 0 bridgehead atoms. The van der Waals surface area contributed by atoms with Crippen molar-refractivity contribution in [2.45, 2.75) is 97.4 Å². The first kappa shape index (κ1) is 23.7. The van der Waals surface area contributed by atoms with Crippen molar-refractivity contribution in [2.75, 3.05) is 18.4 Å². The zero-order valence-electron chi connectivity index (χ0n) is 23.0. The van der Waals surface area contributed by atoms with Crippen LogP contribution in [0.25, 0.3) is 0 Å². The highest BCUT2D eigenvalue weighted by Crippen LogP contribution is 2.27. The minimum atomic E-state index is -2.21. The summed E-state index contributed by atoms with van der Waals surface area (Å²) in [6, 6.07) is 7.39. The Balaban J connectivity index is 2.16. The molecule has 1 aliphatic rings. The molecule has 0 saturated heterocycles. The number of alkyl carbamates (subject to hydrolysis) is 1. The predicted molar refractivity (Wildman–Crippen MR) is 130 cm³/mol. The number of anilines is 1. The van der Waals surface area contributed by atoms with Gasteiger partial charge in [-0.2, -0.15) is 0 Å². The summed E-state index contributed by atoms with van der Waals surface area (Å²) in [5.41, 5.74) is -0.0742. The van der Waals surface area contributed by atoms with E-state index < -0.39 is 36.1 Å². The Labute approximate surface area is 201 Å². The van der Waals surface area contributed by atoms with E-state index in [9.17, 15) is 9.59 Å². The maximum Gasteiger partial charge on any atom is 0.509 e. The van der Waals surface area contributed by atoms with Gasteiger partial charge >= 0.3 is 12.2 Å². The minimum Gasteiger partial charge on any atom is -0.444 e. The lowest BCUT2D eigenvalue weighted by atomic mass is 9.89. The van der Waals surface area contributed by atoms with Crippen LogP contribution in [0.4, 0.5) is 15.3 Å². The molecule has 2 N–H and O–H groups in total. The molecule has 7 nitrogen and oxygen atoms in total. The van der Waals surface area contributed by atoms with Crippen molar-refractivity contribution in [3.8, 4) is 0 Å². The van der Waals surface area contributed by atoms with Crippen LogP contribution in [0.5, 0.6) is 0 Å². The molecule has 0 radical (unpaired) electrons. The van der Waals surface area contributed by atoms with E-state index in [-0.39, 0.29) is 6.42 Å². The van der Waals surface area contributed by atoms with Crippen molar-refractivity contribution in [2.24, 2.45) is 5.92 Å². The highest BCUT2D eigenvalue weighted by molar-refractivity contribution is 5.67. The summed E-state index contributed by atoms with van der Waals surface area (Å²) in [5, 5.41) is 5.71. The fraction of sp³-hybridized carbons (Fsp3) is 0.692. The Morgan fingerprint density at radius 2 is 1.73 bits per heavy atom. The maximum absolute atomic E-state index is 12.5. The molecule has 7 heteroatoms. The topological polar surface area (TPSA) is 85.9 Å². The quantitative estimate of drug-likeness (QED) is 0.422. The van der Waals surface area contributed by atoms with Crippen molar-refractivity contribution in [1.29, 1.82) is 0 Å². The van der Waals surface area contributed by atoms with Gasteiger partial charge in [-0.1, -0.05) is 31.4 Å². The largest absolute Gasteiger partial charge is 0.509 e. The Morgan fingerprint density at radius 1 is 1.06 bits per heavy atom. The third-order valence-electron chi connectivity index (χ3n) is 5.08. The Hall–Kier alpha value is -2.44. The van der Waals surface area contributed by atoms with E-state index in [4.69, 9.17) is 17.0 Å². The van der Waals surface area contributed by atoms with E-state index in [0.29, 0.717) is 11.5 Å². The molecule has 0 heterocycles. The van der Waals surface area contributed by atoms with Crippen LogP contribution in [0.1, 0.15) is 94.5 Å². The van der Waals surface area contributed by atoms with Crippen LogP contribution in [-0.2, 0) is 14.2 Å². The highest BCUT2D eigenvalue weighted by atomic mass is 16.7. The summed E-state index contributed by atoms with van der Waals surface area (Å²) in [7, 11) is 0. The molecule has 186 valence electrons. The number of ether oxygens (including phenoxy) is 3. The summed E-state index contributed by atoms with van der Waals surface area (Å²) in [5.74, 6) is 0.633. The number of hydrogen-bond acceptors (Lipinski definition) is 6. The maximum atomic E-state index is 12.5. The summed E-state index contributed by atoms with van der Waals surface area (Å²) in [4.78, 5) is 24.6. The van der Waals surface area contributed by atoms with Crippen LogP contribution in [0, 0.1) is 5.92 Å².